The highest BCUT2D eigenvalue weighted by Gasteiger charge is 2.40. The molecule has 0 bridgehead atoms. The molecule has 0 saturated heterocycles. The van der Waals surface area contributed by atoms with Gasteiger partial charge in [0.05, 0.1) is 28.2 Å². The van der Waals surface area contributed by atoms with Gasteiger partial charge in [-0.1, -0.05) is 36.2 Å². The van der Waals surface area contributed by atoms with E-state index in [4.69, 9.17) is 23.2 Å². The molecule has 2 amide bonds. The Hall–Kier alpha value is -3.04. The lowest BCUT2D eigenvalue weighted by molar-refractivity contribution is -0.143. The van der Waals surface area contributed by atoms with Crippen molar-refractivity contribution in [2.24, 2.45) is 0 Å². The third-order valence-corrected chi connectivity index (χ3v) is 4.72. The second kappa shape index (κ2) is 8.99. The number of carbonyl (C=O) groups is 2. The Kier molecular flexibility index (Phi) is 6.56. The number of alkyl halides is 3. The van der Waals surface area contributed by atoms with Crippen LogP contribution in [0.25, 0.3) is 5.69 Å². The van der Waals surface area contributed by atoms with Crippen molar-refractivity contribution < 1.29 is 22.8 Å². The fraction of sp³-hybridized carbons (Fsp3) is 0.150. The van der Waals surface area contributed by atoms with Crippen LogP contribution in [0, 0.1) is 0 Å². The third-order valence-electron chi connectivity index (χ3n) is 4.15. The van der Waals surface area contributed by atoms with Crippen molar-refractivity contribution in [3.63, 3.8) is 0 Å². The molecular weight excluding hydrogens is 456 g/mol. The quantitative estimate of drug-likeness (QED) is 0.494. The zero-order chi connectivity index (χ0) is 22.8. The lowest BCUT2D eigenvalue weighted by Crippen LogP contribution is -2.21. The molecule has 0 fully saturated rings. The summed E-state index contributed by atoms with van der Waals surface area (Å²) in [5, 5.41) is 8.96. The monoisotopic (exact) mass is 470 g/mol. The zero-order valence-corrected chi connectivity index (χ0v) is 17.4. The summed E-state index contributed by atoms with van der Waals surface area (Å²) in [6.45, 7) is 1.66. The van der Waals surface area contributed by atoms with E-state index >= 15 is 0 Å². The van der Waals surface area contributed by atoms with Crippen molar-refractivity contribution in [3.8, 4) is 5.69 Å². The molecule has 31 heavy (non-hydrogen) atoms. The summed E-state index contributed by atoms with van der Waals surface area (Å²) in [6.07, 6.45) is -3.84. The second-order valence-electron chi connectivity index (χ2n) is 6.35. The maximum Gasteiger partial charge on any atom is 0.434 e. The molecule has 162 valence electrons. The first-order valence-electron chi connectivity index (χ1n) is 8.92. The first-order valence-corrected chi connectivity index (χ1v) is 9.67. The number of carbonyl (C=O) groups excluding carboxylic acids is 2. The number of halogens is 5. The molecular formula is C20H15Cl2F3N4O2. The van der Waals surface area contributed by atoms with Gasteiger partial charge < -0.3 is 10.6 Å². The van der Waals surface area contributed by atoms with E-state index in [-0.39, 0.29) is 33.7 Å². The number of nitrogens with zero attached hydrogens (tertiary/aromatic N) is 2. The lowest BCUT2D eigenvalue weighted by Gasteiger charge is -2.14. The maximum absolute atomic E-state index is 13.8. The van der Waals surface area contributed by atoms with Crippen LogP contribution in [0.15, 0.2) is 48.7 Å². The summed E-state index contributed by atoms with van der Waals surface area (Å²) in [5.41, 5.74) is -1.56. The van der Waals surface area contributed by atoms with E-state index in [0.717, 1.165) is 6.20 Å². The smallest absolute Gasteiger partial charge is 0.326 e. The lowest BCUT2D eigenvalue weighted by atomic mass is 10.2. The summed E-state index contributed by atoms with van der Waals surface area (Å²) < 4.78 is 42.0. The van der Waals surface area contributed by atoms with E-state index in [9.17, 15) is 22.8 Å². The van der Waals surface area contributed by atoms with E-state index in [0.29, 0.717) is 10.4 Å². The van der Waals surface area contributed by atoms with Crippen LogP contribution in [0.2, 0.25) is 10.0 Å². The Balaban J connectivity index is 1.98. The van der Waals surface area contributed by atoms with E-state index in [1.54, 1.807) is 6.92 Å². The average Bonchev–Trinajstić information content (AvgIpc) is 3.16. The predicted molar refractivity (Wildman–Crippen MR) is 112 cm³/mol. The van der Waals surface area contributed by atoms with Crippen LogP contribution in [0.4, 0.5) is 24.5 Å². The molecule has 1 heterocycles. The van der Waals surface area contributed by atoms with Gasteiger partial charge in [-0.25, -0.2) is 4.68 Å². The molecule has 2 N–H and O–H groups in total. The number of anilines is 2. The van der Waals surface area contributed by atoms with Gasteiger partial charge >= 0.3 is 6.18 Å². The van der Waals surface area contributed by atoms with Crippen molar-refractivity contribution in [1.82, 2.24) is 9.78 Å². The van der Waals surface area contributed by atoms with Crippen LogP contribution in [0.3, 0.4) is 0 Å². The first-order chi connectivity index (χ1) is 14.6. The standard InChI is InChI=1S/C20H15Cl2F3N4O2/c1-2-17(30)27-12-6-7-15(22)16(9-12)28-19(31)14-10-26-29(18(14)20(23,24)25)13-5-3-4-11(21)8-13/h3-10H,2H2,1H3,(H,27,30)(H,28,31). The number of hydrogen-bond donors (Lipinski definition) is 2. The van der Waals surface area contributed by atoms with E-state index in [2.05, 4.69) is 15.7 Å². The first kappa shape index (κ1) is 22.6. The molecule has 3 rings (SSSR count). The summed E-state index contributed by atoms with van der Waals surface area (Å²) in [5.74, 6) is -1.34. The normalized spacial score (nSPS) is 11.3. The Bertz CT molecular complexity index is 1150. The molecule has 0 unspecified atom stereocenters. The minimum Gasteiger partial charge on any atom is -0.326 e. The fourth-order valence-corrected chi connectivity index (χ4v) is 3.08. The summed E-state index contributed by atoms with van der Waals surface area (Å²) in [4.78, 5) is 24.3. The number of nitrogens with one attached hydrogen (secondary N) is 2. The number of benzene rings is 2. The summed E-state index contributed by atoms with van der Waals surface area (Å²) in [6, 6.07) is 9.90. The molecule has 0 aliphatic carbocycles. The van der Waals surface area contributed by atoms with Gasteiger partial charge in [-0.3, -0.25) is 9.59 Å². The van der Waals surface area contributed by atoms with Crippen molar-refractivity contribution in [2.75, 3.05) is 10.6 Å². The van der Waals surface area contributed by atoms with Crippen LogP contribution in [-0.4, -0.2) is 21.6 Å². The SMILES string of the molecule is CCC(=O)Nc1ccc(Cl)c(NC(=O)c2cnn(-c3cccc(Cl)c3)c2C(F)(F)F)c1. The highest BCUT2D eigenvalue weighted by molar-refractivity contribution is 6.34. The van der Waals surface area contributed by atoms with Crippen molar-refractivity contribution in [1.29, 1.82) is 0 Å². The predicted octanol–water partition coefficient (Wildman–Crippen LogP) is 5.80. The van der Waals surface area contributed by atoms with E-state index in [1.807, 2.05) is 0 Å². The molecule has 11 heteroatoms. The third kappa shape index (κ3) is 5.18. The van der Waals surface area contributed by atoms with Crippen molar-refractivity contribution >= 4 is 46.4 Å². The van der Waals surface area contributed by atoms with Gasteiger partial charge in [0.25, 0.3) is 5.91 Å². The molecule has 1 aromatic heterocycles. The van der Waals surface area contributed by atoms with E-state index in [1.165, 1.54) is 42.5 Å². The van der Waals surface area contributed by atoms with E-state index < -0.39 is 23.3 Å². The second-order valence-corrected chi connectivity index (χ2v) is 7.19. The van der Waals surface area contributed by atoms with Gasteiger partial charge in [0.2, 0.25) is 5.91 Å². The van der Waals surface area contributed by atoms with Gasteiger partial charge in [0.15, 0.2) is 5.69 Å². The molecule has 0 radical (unpaired) electrons. The summed E-state index contributed by atoms with van der Waals surface area (Å²) >= 11 is 11.9. The molecule has 0 saturated carbocycles. The number of hydrogen-bond acceptors (Lipinski definition) is 3. The Morgan fingerprint density at radius 2 is 1.84 bits per heavy atom. The van der Waals surface area contributed by atoms with Crippen molar-refractivity contribution in [2.45, 2.75) is 19.5 Å². The minimum atomic E-state index is -4.88. The van der Waals surface area contributed by atoms with Gasteiger partial charge in [0.1, 0.15) is 0 Å². The maximum atomic E-state index is 13.8. The molecule has 6 nitrogen and oxygen atoms in total. The Morgan fingerprint density at radius 1 is 1.10 bits per heavy atom. The van der Waals surface area contributed by atoms with Crippen LogP contribution in [0.1, 0.15) is 29.4 Å². The molecule has 0 aliphatic rings. The molecule has 3 aromatic rings. The Morgan fingerprint density at radius 3 is 2.48 bits per heavy atom. The minimum absolute atomic E-state index is 0.0317. The highest BCUT2D eigenvalue weighted by atomic mass is 35.5. The average molecular weight is 471 g/mol. The van der Waals surface area contributed by atoms with Crippen molar-refractivity contribution in [3.05, 3.63) is 70.0 Å². The molecule has 0 aliphatic heterocycles. The van der Waals surface area contributed by atoms with Crippen LogP contribution in [-0.2, 0) is 11.0 Å². The molecule has 2 aromatic carbocycles. The molecule has 0 spiro atoms. The van der Waals surface area contributed by atoms with Gasteiger partial charge in [-0.2, -0.15) is 18.3 Å². The molecule has 0 atom stereocenters. The van der Waals surface area contributed by atoms with Gasteiger partial charge in [-0.05, 0) is 36.4 Å². The zero-order valence-electron chi connectivity index (χ0n) is 15.9. The highest BCUT2D eigenvalue weighted by Crippen LogP contribution is 2.35. The van der Waals surface area contributed by atoms with Crippen LogP contribution < -0.4 is 10.6 Å². The van der Waals surface area contributed by atoms with Gasteiger partial charge in [0, 0.05) is 17.1 Å². The fourth-order valence-electron chi connectivity index (χ4n) is 2.73. The van der Waals surface area contributed by atoms with Crippen LogP contribution in [0.5, 0.6) is 0 Å². The van der Waals surface area contributed by atoms with Crippen LogP contribution >= 0.6 is 23.2 Å². The number of amides is 2. The summed E-state index contributed by atoms with van der Waals surface area (Å²) in [7, 11) is 0. The Labute approximate surface area is 185 Å². The number of rotatable bonds is 5. The van der Waals surface area contributed by atoms with Gasteiger partial charge in [-0.15, -0.1) is 0 Å². The topological polar surface area (TPSA) is 76.0 Å². The largest absolute Gasteiger partial charge is 0.434 e. The number of aromatic nitrogens is 2.